The number of aromatic nitrogens is 3. The lowest BCUT2D eigenvalue weighted by Crippen LogP contribution is -2.17. The molecule has 0 bridgehead atoms. The SMILES string of the molecule is C=NC(=NC(=NCc1cccs1)c1cccs1)c1cc2c(c3ccccc13)-c1cc3c(cc1C2(C)C)-c1c(cc(-c2nc(-c4cccs4)nc(-c4cccs4)n2)c2ccccc12)C3(C)C. The van der Waals surface area contributed by atoms with Gasteiger partial charge in [0.25, 0.3) is 0 Å². The fraction of sp³-hybridized carbons (Fsp3) is 0.127. The number of nitrogens with zero attached hydrogens (tertiary/aromatic N) is 6. The fourth-order valence-corrected chi connectivity index (χ4v) is 12.6. The monoisotopic (exact) mass is 912 g/mol. The maximum atomic E-state index is 5.21. The third-order valence-electron chi connectivity index (χ3n) is 13.1. The molecule has 6 nitrogen and oxygen atoms in total. The van der Waals surface area contributed by atoms with E-state index in [0.29, 0.717) is 35.7 Å². The molecule has 0 fully saturated rings. The highest BCUT2D eigenvalue weighted by molar-refractivity contribution is 7.14. The highest BCUT2D eigenvalue weighted by Crippen LogP contribution is 2.59. The van der Waals surface area contributed by atoms with Gasteiger partial charge in [0.2, 0.25) is 0 Å². The summed E-state index contributed by atoms with van der Waals surface area (Å²) in [7, 11) is 0. The molecule has 5 heterocycles. The van der Waals surface area contributed by atoms with Gasteiger partial charge in [0, 0.05) is 26.8 Å². The number of aliphatic imine (C=N–C) groups is 3. The van der Waals surface area contributed by atoms with Crippen molar-refractivity contribution in [1.82, 2.24) is 15.0 Å². The van der Waals surface area contributed by atoms with Gasteiger partial charge in [-0.05, 0) is 143 Å². The Kier molecular flexibility index (Phi) is 9.40. The molecule has 0 amide bonds. The molecule has 0 aliphatic heterocycles. The van der Waals surface area contributed by atoms with Crippen molar-refractivity contribution in [2.45, 2.75) is 45.1 Å². The summed E-state index contributed by atoms with van der Waals surface area (Å²) in [6.07, 6.45) is 0. The predicted molar refractivity (Wildman–Crippen MR) is 277 cm³/mol. The minimum Gasteiger partial charge on any atom is -0.260 e. The molecular formula is C55H40N6S4. The van der Waals surface area contributed by atoms with Gasteiger partial charge in [0.15, 0.2) is 29.1 Å². The van der Waals surface area contributed by atoms with E-state index < -0.39 is 0 Å². The lowest BCUT2D eigenvalue weighted by atomic mass is 9.79. The molecule has 10 heteroatoms. The zero-order valence-electron chi connectivity index (χ0n) is 36.1. The molecule has 0 spiro atoms. The van der Waals surface area contributed by atoms with Crippen LogP contribution in [0.3, 0.4) is 0 Å². The van der Waals surface area contributed by atoms with Gasteiger partial charge in [0.1, 0.15) is 0 Å². The second kappa shape index (κ2) is 15.3. The number of benzene rings is 5. The Labute approximate surface area is 393 Å². The Morgan fingerprint density at radius 2 is 1.03 bits per heavy atom. The van der Waals surface area contributed by atoms with Crippen molar-refractivity contribution in [3.63, 3.8) is 0 Å². The highest BCUT2D eigenvalue weighted by Gasteiger charge is 2.43. The number of fused-ring (bicyclic) bond motifs is 10. The Bertz CT molecular complexity index is 3520. The number of thiophene rings is 4. The third kappa shape index (κ3) is 6.37. The molecule has 2 aliphatic rings. The summed E-state index contributed by atoms with van der Waals surface area (Å²) in [5.41, 5.74) is 11.6. The van der Waals surface area contributed by atoms with Crippen LogP contribution in [0.2, 0.25) is 0 Å². The van der Waals surface area contributed by atoms with Gasteiger partial charge in [-0.25, -0.2) is 24.9 Å². The molecule has 12 rings (SSSR count). The Balaban J connectivity index is 1.03. The van der Waals surface area contributed by atoms with E-state index in [9.17, 15) is 0 Å². The van der Waals surface area contributed by atoms with Crippen LogP contribution in [0.1, 0.15) is 65.3 Å². The summed E-state index contributed by atoms with van der Waals surface area (Å²) >= 11 is 6.62. The second-order valence-electron chi connectivity index (χ2n) is 17.5. The van der Waals surface area contributed by atoms with Gasteiger partial charge < -0.3 is 0 Å². The molecule has 2 aliphatic carbocycles. The molecule has 10 aromatic rings. The summed E-state index contributed by atoms with van der Waals surface area (Å²) in [6, 6.07) is 43.7. The lowest BCUT2D eigenvalue weighted by molar-refractivity contribution is 0.652. The summed E-state index contributed by atoms with van der Waals surface area (Å²) in [4.78, 5) is 34.5. The Morgan fingerprint density at radius 1 is 0.508 bits per heavy atom. The van der Waals surface area contributed by atoms with E-state index in [1.165, 1.54) is 60.2 Å². The quantitative estimate of drug-likeness (QED) is 0.118. The highest BCUT2D eigenvalue weighted by atomic mass is 32.1. The van der Waals surface area contributed by atoms with Crippen molar-refractivity contribution >= 4 is 85.3 Å². The molecule has 0 N–H and O–H groups in total. The zero-order chi connectivity index (χ0) is 44.0. The average Bonchev–Trinajstić information content (AvgIpc) is 4.20. The van der Waals surface area contributed by atoms with E-state index in [2.05, 4.69) is 164 Å². The van der Waals surface area contributed by atoms with Crippen LogP contribution in [-0.2, 0) is 17.4 Å². The second-order valence-corrected chi connectivity index (χ2v) is 21.4. The van der Waals surface area contributed by atoms with Crippen LogP contribution in [-0.4, -0.2) is 33.3 Å². The van der Waals surface area contributed by atoms with Gasteiger partial charge in [-0.3, -0.25) is 4.99 Å². The summed E-state index contributed by atoms with van der Waals surface area (Å²) < 4.78 is 0. The fourth-order valence-electron chi connectivity index (χ4n) is 9.96. The first-order valence-corrected chi connectivity index (χ1v) is 25.0. The Morgan fingerprint density at radius 3 is 1.60 bits per heavy atom. The molecular weight excluding hydrogens is 873 g/mol. The molecule has 0 saturated heterocycles. The van der Waals surface area contributed by atoms with E-state index in [4.69, 9.17) is 24.9 Å². The molecule has 0 unspecified atom stereocenters. The van der Waals surface area contributed by atoms with E-state index in [0.717, 1.165) is 36.5 Å². The minimum absolute atomic E-state index is 0.325. The standard InChI is InChI=1S/C55H40N6S4/c1-54(2)40-29-39-41(28-38(40)47-34-17-8-6-15-32(34)36(26-42(47)54)49(56-5)58-51(44-19-11-23-63-44)57-30-31-14-10-22-62-31)55(3,4)43-27-37(33-16-7-9-18-35(33)48(39)43)50-59-52(45-20-12-24-64-45)61-53(60-50)46-21-13-25-65-46/h6-29H,5,30H2,1-4H3. The molecule has 65 heavy (non-hydrogen) atoms. The number of hydrogen-bond acceptors (Lipinski definition) is 8. The van der Waals surface area contributed by atoms with E-state index in [1.54, 1.807) is 45.3 Å². The first-order valence-electron chi connectivity index (χ1n) is 21.5. The van der Waals surface area contributed by atoms with E-state index in [1.807, 2.05) is 18.2 Å². The van der Waals surface area contributed by atoms with Crippen LogP contribution in [0.4, 0.5) is 0 Å². The molecule has 0 atom stereocenters. The van der Waals surface area contributed by atoms with Crippen LogP contribution in [0.15, 0.2) is 158 Å². The van der Waals surface area contributed by atoms with Crippen molar-refractivity contribution in [2.75, 3.05) is 0 Å². The zero-order valence-corrected chi connectivity index (χ0v) is 39.4. The van der Waals surface area contributed by atoms with Crippen molar-refractivity contribution in [3.8, 4) is 55.0 Å². The normalized spacial score (nSPS) is 14.7. The first kappa shape index (κ1) is 40.0. The largest absolute Gasteiger partial charge is 0.260 e. The van der Waals surface area contributed by atoms with Crippen molar-refractivity contribution in [2.24, 2.45) is 15.0 Å². The smallest absolute Gasteiger partial charge is 0.174 e. The molecule has 314 valence electrons. The van der Waals surface area contributed by atoms with Gasteiger partial charge in [-0.2, -0.15) is 0 Å². The minimum atomic E-state index is -0.335. The lowest BCUT2D eigenvalue weighted by Gasteiger charge is -2.24. The van der Waals surface area contributed by atoms with Crippen molar-refractivity contribution in [3.05, 3.63) is 180 Å². The first-order chi connectivity index (χ1) is 31.7. The predicted octanol–water partition coefficient (Wildman–Crippen LogP) is 15.1. The number of rotatable bonds is 7. The summed E-state index contributed by atoms with van der Waals surface area (Å²) in [5, 5.41) is 12.9. The van der Waals surface area contributed by atoms with Crippen molar-refractivity contribution in [1.29, 1.82) is 0 Å². The maximum Gasteiger partial charge on any atom is 0.174 e. The Hall–Kier alpha value is -6.56. The van der Waals surface area contributed by atoms with Gasteiger partial charge in [0.05, 0.1) is 21.2 Å². The maximum absolute atomic E-state index is 5.21. The molecule has 0 saturated carbocycles. The summed E-state index contributed by atoms with van der Waals surface area (Å²) in [6.45, 7) is 14.1. The third-order valence-corrected chi connectivity index (χ3v) is 16.6. The van der Waals surface area contributed by atoms with Gasteiger partial charge in [-0.15, -0.1) is 45.3 Å². The van der Waals surface area contributed by atoms with Gasteiger partial charge in [-0.1, -0.05) is 100 Å². The summed E-state index contributed by atoms with van der Waals surface area (Å²) in [5.74, 6) is 3.31. The van der Waals surface area contributed by atoms with E-state index in [-0.39, 0.29) is 10.8 Å². The molecule has 5 aromatic heterocycles. The molecule has 5 aromatic carbocycles. The van der Waals surface area contributed by atoms with Gasteiger partial charge >= 0.3 is 0 Å². The average molecular weight is 913 g/mol. The number of amidine groups is 2. The van der Waals surface area contributed by atoms with E-state index >= 15 is 0 Å². The van der Waals surface area contributed by atoms with Crippen molar-refractivity contribution < 1.29 is 0 Å². The van der Waals surface area contributed by atoms with Crippen LogP contribution in [0.5, 0.6) is 0 Å². The number of hydrogen-bond donors (Lipinski definition) is 0. The van der Waals surface area contributed by atoms with Crippen LogP contribution >= 0.6 is 45.3 Å². The molecule has 0 radical (unpaired) electrons. The van der Waals surface area contributed by atoms with Crippen LogP contribution in [0, 0.1) is 0 Å². The topological polar surface area (TPSA) is 75.8 Å². The van der Waals surface area contributed by atoms with Crippen LogP contribution < -0.4 is 0 Å². The van der Waals surface area contributed by atoms with Crippen LogP contribution in [0.25, 0.3) is 76.6 Å².